The summed E-state index contributed by atoms with van der Waals surface area (Å²) in [5, 5.41) is 8.62. The van der Waals surface area contributed by atoms with E-state index in [1.165, 1.54) is 7.11 Å². The molecule has 0 radical (unpaired) electrons. The fourth-order valence-corrected chi connectivity index (χ4v) is 1.30. The molecule has 0 atom stereocenters. The van der Waals surface area contributed by atoms with Crippen LogP contribution in [0.3, 0.4) is 0 Å². The van der Waals surface area contributed by atoms with Crippen molar-refractivity contribution in [3.63, 3.8) is 0 Å². The van der Waals surface area contributed by atoms with Crippen LogP contribution < -0.4 is 4.74 Å². The average molecular weight is 231 g/mol. The normalized spacial score (nSPS) is 10.5. The lowest BCUT2D eigenvalue weighted by molar-refractivity contribution is -0.136. The van der Waals surface area contributed by atoms with E-state index < -0.39 is 5.97 Å². The Bertz CT molecular complexity index is 455. The van der Waals surface area contributed by atoms with Crippen LogP contribution in [0.15, 0.2) is 29.8 Å². The zero-order valence-corrected chi connectivity index (χ0v) is 9.77. The van der Waals surface area contributed by atoms with Crippen molar-refractivity contribution in [2.75, 3.05) is 14.2 Å². The number of ether oxygens (including phenoxy) is 2. The summed E-state index contributed by atoms with van der Waals surface area (Å²) >= 11 is 0. The van der Waals surface area contributed by atoms with E-state index >= 15 is 0 Å². The van der Waals surface area contributed by atoms with Crippen molar-refractivity contribution >= 4 is 12.0 Å². The van der Waals surface area contributed by atoms with Gasteiger partial charge in [0.25, 0.3) is 0 Å². The number of esters is 1. The van der Waals surface area contributed by atoms with Crippen LogP contribution in [0.25, 0.3) is 6.08 Å². The average Bonchev–Trinajstić information content (AvgIpc) is 2.38. The summed E-state index contributed by atoms with van der Waals surface area (Å²) in [7, 11) is 2.88. The number of hydrogen-bond donors (Lipinski definition) is 0. The van der Waals surface area contributed by atoms with Crippen molar-refractivity contribution in [1.29, 1.82) is 5.26 Å². The summed E-state index contributed by atoms with van der Waals surface area (Å²) in [6.45, 7) is 0. The molecule has 0 saturated heterocycles. The zero-order valence-electron chi connectivity index (χ0n) is 9.77. The number of hydrogen-bond acceptors (Lipinski definition) is 4. The Kier molecular flexibility index (Phi) is 4.77. The minimum absolute atomic E-state index is 0.0265. The standard InChI is InChI=1S/C13H13NO3/c1-16-12-5-3-10(4-6-12)9-11(7-8-14)13(15)17-2/h3-6,9H,7H2,1-2H3. The van der Waals surface area contributed by atoms with E-state index in [2.05, 4.69) is 4.74 Å². The van der Waals surface area contributed by atoms with Crippen LogP contribution in [0.4, 0.5) is 0 Å². The lowest BCUT2D eigenvalue weighted by Crippen LogP contribution is -2.03. The predicted octanol–water partition coefficient (Wildman–Crippen LogP) is 2.17. The van der Waals surface area contributed by atoms with Crippen LogP contribution in [0, 0.1) is 11.3 Å². The Hall–Kier alpha value is -2.28. The molecule has 1 aromatic carbocycles. The van der Waals surface area contributed by atoms with Crippen LogP contribution in [0.5, 0.6) is 5.75 Å². The summed E-state index contributed by atoms with van der Waals surface area (Å²) in [5.74, 6) is 0.254. The summed E-state index contributed by atoms with van der Waals surface area (Å²) in [6, 6.07) is 9.11. The van der Waals surface area contributed by atoms with E-state index in [0.29, 0.717) is 5.57 Å². The van der Waals surface area contributed by atoms with E-state index in [1.807, 2.05) is 6.07 Å². The van der Waals surface area contributed by atoms with Crippen LogP contribution in [-0.2, 0) is 9.53 Å². The molecule has 0 aromatic heterocycles. The molecule has 4 heteroatoms. The second-order valence-corrected chi connectivity index (χ2v) is 3.27. The highest BCUT2D eigenvalue weighted by atomic mass is 16.5. The maximum absolute atomic E-state index is 11.4. The highest BCUT2D eigenvalue weighted by Gasteiger charge is 2.08. The Morgan fingerprint density at radius 3 is 2.47 bits per heavy atom. The SMILES string of the molecule is COC(=O)C(=Cc1ccc(OC)cc1)CC#N. The van der Waals surface area contributed by atoms with Crippen molar-refractivity contribution < 1.29 is 14.3 Å². The molecular formula is C13H13NO3. The molecular weight excluding hydrogens is 218 g/mol. The Morgan fingerprint density at radius 1 is 1.35 bits per heavy atom. The lowest BCUT2D eigenvalue weighted by Gasteiger charge is -2.02. The molecule has 0 aliphatic heterocycles. The van der Waals surface area contributed by atoms with E-state index in [-0.39, 0.29) is 6.42 Å². The van der Waals surface area contributed by atoms with Gasteiger partial charge in [0.15, 0.2) is 0 Å². The third-order valence-corrected chi connectivity index (χ3v) is 2.17. The van der Waals surface area contributed by atoms with E-state index in [4.69, 9.17) is 10.00 Å². The molecule has 0 spiro atoms. The highest BCUT2D eigenvalue weighted by Crippen LogP contribution is 2.15. The van der Waals surface area contributed by atoms with Gasteiger partial charge in [-0.1, -0.05) is 12.1 Å². The fourth-order valence-electron chi connectivity index (χ4n) is 1.30. The molecule has 0 unspecified atom stereocenters. The van der Waals surface area contributed by atoms with Crippen molar-refractivity contribution in [2.45, 2.75) is 6.42 Å². The maximum Gasteiger partial charge on any atom is 0.334 e. The molecule has 1 aromatic rings. The molecule has 0 aliphatic rings. The van der Waals surface area contributed by atoms with Gasteiger partial charge in [0.2, 0.25) is 0 Å². The first-order valence-corrected chi connectivity index (χ1v) is 5.01. The topological polar surface area (TPSA) is 59.3 Å². The summed E-state index contributed by atoms with van der Waals surface area (Å²) in [4.78, 5) is 11.4. The Labute approximate surface area is 100 Å². The van der Waals surface area contributed by atoms with E-state index in [0.717, 1.165) is 11.3 Å². The number of methoxy groups -OCH3 is 2. The van der Waals surface area contributed by atoms with Crippen molar-refractivity contribution in [2.24, 2.45) is 0 Å². The third-order valence-electron chi connectivity index (χ3n) is 2.17. The first kappa shape index (κ1) is 12.8. The van der Waals surface area contributed by atoms with Gasteiger partial charge in [-0.15, -0.1) is 0 Å². The summed E-state index contributed by atoms with van der Waals surface area (Å²) < 4.78 is 9.62. The molecule has 0 saturated carbocycles. The van der Waals surface area contributed by atoms with Crippen molar-refractivity contribution in [1.82, 2.24) is 0 Å². The highest BCUT2D eigenvalue weighted by molar-refractivity contribution is 5.94. The largest absolute Gasteiger partial charge is 0.497 e. The van der Waals surface area contributed by atoms with Gasteiger partial charge in [-0.25, -0.2) is 4.79 Å². The minimum atomic E-state index is -0.484. The van der Waals surface area contributed by atoms with Gasteiger partial charge in [-0.3, -0.25) is 0 Å². The Balaban J connectivity index is 2.96. The van der Waals surface area contributed by atoms with Crippen molar-refractivity contribution in [3.8, 4) is 11.8 Å². The maximum atomic E-state index is 11.4. The number of carbonyl (C=O) groups is 1. The molecule has 17 heavy (non-hydrogen) atoms. The first-order valence-electron chi connectivity index (χ1n) is 5.01. The molecule has 0 aliphatic carbocycles. The van der Waals surface area contributed by atoms with Crippen LogP contribution >= 0.6 is 0 Å². The predicted molar refractivity (Wildman–Crippen MR) is 63.2 cm³/mol. The van der Waals surface area contributed by atoms with Gasteiger partial charge >= 0.3 is 5.97 Å². The molecule has 88 valence electrons. The molecule has 0 fully saturated rings. The van der Waals surface area contributed by atoms with Crippen molar-refractivity contribution in [3.05, 3.63) is 35.4 Å². The van der Waals surface area contributed by atoms with Gasteiger partial charge in [0, 0.05) is 0 Å². The molecule has 0 heterocycles. The molecule has 1 rings (SSSR count). The first-order chi connectivity index (χ1) is 8.21. The molecule has 0 N–H and O–H groups in total. The Morgan fingerprint density at radius 2 is 2.00 bits per heavy atom. The summed E-state index contributed by atoms with van der Waals surface area (Å²) in [6.07, 6.45) is 1.66. The number of nitriles is 1. The number of nitrogens with zero attached hydrogens (tertiary/aromatic N) is 1. The van der Waals surface area contributed by atoms with Gasteiger partial charge < -0.3 is 9.47 Å². The molecule has 0 bridgehead atoms. The summed E-state index contributed by atoms with van der Waals surface area (Å²) in [5.41, 5.74) is 1.15. The van der Waals surface area contributed by atoms with Crippen LogP contribution in [0.1, 0.15) is 12.0 Å². The van der Waals surface area contributed by atoms with Gasteiger partial charge in [0.05, 0.1) is 32.3 Å². The van der Waals surface area contributed by atoms with Gasteiger partial charge in [0.1, 0.15) is 5.75 Å². The third kappa shape index (κ3) is 3.65. The number of rotatable bonds is 4. The lowest BCUT2D eigenvalue weighted by atomic mass is 10.1. The van der Waals surface area contributed by atoms with Crippen LogP contribution in [-0.4, -0.2) is 20.2 Å². The quantitative estimate of drug-likeness (QED) is 0.588. The number of benzene rings is 1. The molecule has 0 amide bonds. The number of carbonyl (C=O) groups excluding carboxylic acids is 1. The van der Waals surface area contributed by atoms with Crippen LogP contribution in [0.2, 0.25) is 0 Å². The van der Waals surface area contributed by atoms with Gasteiger partial charge in [-0.2, -0.15) is 5.26 Å². The minimum Gasteiger partial charge on any atom is -0.497 e. The second-order valence-electron chi connectivity index (χ2n) is 3.27. The van der Waals surface area contributed by atoms with E-state index in [9.17, 15) is 4.79 Å². The molecule has 4 nitrogen and oxygen atoms in total. The monoisotopic (exact) mass is 231 g/mol. The fraction of sp³-hybridized carbons (Fsp3) is 0.231. The van der Waals surface area contributed by atoms with E-state index in [1.54, 1.807) is 37.5 Å². The zero-order chi connectivity index (χ0) is 12.7. The van der Waals surface area contributed by atoms with Gasteiger partial charge in [-0.05, 0) is 23.8 Å². The smallest absolute Gasteiger partial charge is 0.334 e. The second kappa shape index (κ2) is 6.33.